The normalized spacial score (nSPS) is 9.62. The van der Waals surface area contributed by atoms with E-state index in [4.69, 9.17) is 4.74 Å². The fraction of sp³-hybridized carbons (Fsp3) is 0.312. The molecule has 1 heterocycles. The van der Waals surface area contributed by atoms with Crippen LogP contribution in [0, 0.1) is 24.2 Å². The van der Waals surface area contributed by atoms with Crippen molar-refractivity contribution in [3.05, 3.63) is 34.3 Å². The molecule has 2 aromatic rings. The number of benzene rings is 1. The molecule has 122 valence electrons. The number of hydrogen-bond donors (Lipinski definition) is 0. The molecule has 0 atom stereocenters. The van der Waals surface area contributed by atoms with E-state index < -0.39 is 5.97 Å². The molecule has 8 heteroatoms. The number of aromatic nitrogens is 1. The van der Waals surface area contributed by atoms with Gasteiger partial charge in [0.05, 0.1) is 28.7 Å². The molecular weight excluding hydrogens is 355 g/mol. The van der Waals surface area contributed by atoms with Crippen LogP contribution in [-0.4, -0.2) is 23.0 Å². The molecule has 0 fully saturated rings. The van der Waals surface area contributed by atoms with Gasteiger partial charge in [-0.1, -0.05) is 13.8 Å². The van der Waals surface area contributed by atoms with Crippen molar-refractivity contribution in [3.8, 4) is 22.4 Å². The van der Waals surface area contributed by atoms with E-state index in [0.717, 1.165) is 11.3 Å². The Balaban J connectivity index is 0.00000264. The van der Waals surface area contributed by atoms with Crippen molar-refractivity contribution in [2.24, 2.45) is 5.92 Å². The van der Waals surface area contributed by atoms with Crippen LogP contribution in [-0.2, 0) is 0 Å². The van der Waals surface area contributed by atoms with Gasteiger partial charge in [-0.15, -0.1) is 11.3 Å². The van der Waals surface area contributed by atoms with Gasteiger partial charge in [0, 0.05) is 5.56 Å². The standard InChI is InChI=1S/C16H16N2O3S.K.H2O/c1-9(2)8-21-13-5-4-11(6-12(13)7-17)15-18-10(3)14(22-15)16(19)20;;/h4-6,9H,8H2,1-3H3,(H,19,20);;1H2/q;+1;/p-1. The summed E-state index contributed by atoms with van der Waals surface area (Å²) < 4.78 is 5.60. The predicted octanol–water partition coefficient (Wildman–Crippen LogP) is -1.43. The summed E-state index contributed by atoms with van der Waals surface area (Å²) in [6.45, 7) is 6.20. The Morgan fingerprint density at radius 2 is 2.12 bits per heavy atom. The summed E-state index contributed by atoms with van der Waals surface area (Å²) in [7, 11) is 0. The minimum Gasteiger partial charge on any atom is -0.544 e. The smallest absolute Gasteiger partial charge is 0.544 e. The van der Waals surface area contributed by atoms with Gasteiger partial charge in [0.15, 0.2) is 0 Å². The first-order valence-corrected chi connectivity index (χ1v) is 7.60. The second-order valence-corrected chi connectivity index (χ2v) is 6.25. The van der Waals surface area contributed by atoms with Crippen LogP contribution >= 0.6 is 11.3 Å². The summed E-state index contributed by atoms with van der Waals surface area (Å²) in [4.78, 5) is 15.3. The zero-order valence-electron chi connectivity index (χ0n) is 14.0. The van der Waals surface area contributed by atoms with Gasteiger partial charge >= 0.3 is 51.4 Å². The number of rotatable bonds is 5. The Hall–Kier alpha value is -0.794. The third-order valence-electron chi connectivity index (χ3n) is 2.90. The van der Waals surface area contributed by atoms with E-state index in [0.29, 0.717) is 40.1 Å². The van der Waals surface area contributed by atoms with Gasteiger partial charge in [-0.25, -0.2) is 4.98 Å². The topological polar surface area (TPSA) is 118 Å². The van der Waals surface area contributed by atoms with Gasteiger partial charge in [0.25, 0.3) is 0 Å². The monoisotopic (exact) mass is 372 g/mol. The summed E-state index contributed by atoms with van der Waals surface area (Å²) in [5.74, 6) is -0.356. The van der Waals surface area contributed by atoms with E-state index in [1.807, 2.05) is 13.8 Å². The second kappa shape index (κ2) is 10.3. The molecule has 2 rings (SSSR count). The number of aryl methyl sites for hydroxylation is 1. The van der Waals surface area contributed by atoms with E-state index in [1.54, 1.807) is 25.1 Å². The summed E-state index contributed by atoms with van der Waals surface area (Å²) in [5.41, 5.74) is 1.51. The quantitative estimate of drug-likeness (QED) is 0.596. The zero-order chi connectivity index (χ0) is 16.3. The van der Waals surface area contributed by atoms with Gasteiger partial charge in [-0.3, -0.25) is 0 Å². The molecule has 2 N–H and O–H groups in total. The number of thiazole rings is 1. The number of nitrogens with zero attached hydrogens (tertiary/aromatic N) is 2. The molecule has 0 saturated heterocycles. The summed E-state index contributed by atoms with van der Waals surface area (Å²) in [5, 5.41) is 20.8. The van der Waals surface area contributed by atoms with Crippen molar-refractivity contribution < 1.29 is 71.5 Å². The fourth-order valence-corrected chi connectivity index (χ4v) is 2.74. The Morgan fingerprint density at radius 3 is 2.62 bits per heavy atom. The van der Waals surface area contributed by atoms with Crippen molar-refractivity contribution in [1.82, 2.24) is 4.98 Å². The molecule has 24 heavy (non-hydrogen) atoms. The molecule has 0 saturated carbocycles. The van der Waals surface area contributed by atoms with Crippen molar-refractivity contribution in [2.45, 2.75) is 20.8 Å². The molecular formula is C16H17KN2O4S. The van der Waals surface area contributed by atoms with Crippen LogP contribution in [0.3, 0.4) is 0 Å². The van der Waals surface area contributed by atoms with E-state index >= 15 is 0 Å². The van der Waals surface area contributed by atoms with Crippen molar-refractivity contribution >= 4 is 17.3 Å². The van der Waals surface area contributed by atoms with E-state index in [9.17, 15) is 15.2 Å². The van der Waals surface area contributed by atoms with Crippen LogP contribution in [0.4, 0.5) is 0 Å². The molecule has 0 aliphatic carbocycles. The van der Waals surface area contributed by atoms with Crippen molar-refractivity contribution in [3.63, 3.8) is 0 Å². The Labute approximate surface area is 187 Å². The van der Waals surface area contributed by atoms with E-state index in [-0.39, 0.29) is 61.7 Å². The van der Waals surface area contributed by atoms with E-state index in [1.165, 1.54) is 0 Å². The molecule has 0 aliphatic rings. The van der Waals surface area contributed by atoms with Crippen LogP contribution in [0.5, 0.6) is 5.75 Å². The molecule has 0 unspecified atom stereocenters. The van der Waals surface area contributed by atoms with Crippen LogP contribution in [0.2, 0.25) is 0 Å². The Bertz CT molecular complexity index is 753. The minimum atomic E-state index is -1.24. The largest absolute Gasteiger partial charge is 1.00 e. The Kier molecular flexibility index (Phi) is 9.92. The summed E-state index contributed by atoms with van der Waals surface area (Å²) >= 11 is 1.04. The molecule has 1 aromatic heterocycles. The number of nitriles is 1. The number of carbonyl (C=O) groups excluding carboxylic acids is 1. The van der Waals surface area contributed by atoms with Crippen LogP contribution in [0.1, 0.15) is 34.8 Å². The number of carbonyl (C=O) groups is 1. The molecule has 0 radical (unpaired) electrons. The first-order valence-electron chi connectivity index (χ1n) is 6.78. The number of carboxylic acid groups (broad SMARTS) is 1. The van der Waals surface area contributed by atoms with E-state index in [2.05, 4.69) is 11.1 Å². The number of carboxylic acids is 1. The zero-order valence-corrected chi connectivity index (χ0v) is 18.0. The first kappa shape index (κ1) is 23.2. The SMILES string of the molecule is Cc1nc(-c2ccc(OCC(C)C)c(C#N)c2)sc1C(=O)[O-].O.[K+]. The number of ether oxygens (including phenoxy) is 1. The fourth-order valence-electron chi connectivity index (χ4n) is 1.84. The van der Waals surface area contributed by atoms with Crippen LogP contribution in [0.15, 0.2) is 18.2 Å². The van der Waals surface area contributed by atoms with Gasteiger partial charge < -0.3 is 20.1 Å². The molecule has 0 aliphatic heterocycles. The van der Waals surface area contributed by atoms with Crippen molar-refractivity contribution in [2.75, 3.05) is 6.61 Å². The van der Waals surface area contributed by atoms with Crippen LogP contribution in [0.25, 0.3) is 10.6 Å². The number of aromatic carboxylic acids is 1. The first-order chi connectivity index (χ1) is 10.4. The molecule has 0 bridgehead atoms. The maximum atomic E-state index is 11.0. The van der Waals surface area contributed by atoms with Gasteiger partial charge in [-0.05, 0) is 31.0 Å². The number of hydrogen-bond acceptors (Lipinski definition) is 6. The maximum Gasteiger partial charge on any atom is 1.00 e. The second-order valence-electron chi connectivity index (χ2n) is 5.25. The van der Waals surface area contributed by atoms with Crippen LogP contribution < -0.4 is 61.2 Å². The minimum absolute atomic E-state index is 0. The third kappa shape index (κ3) is 5.63. The third-order valence-corrected chi connectivity index (χ3v) is 4.09. The van der Waals surface area contributed by atoms with Gasteiger partial charge in [0.1, 0.15) is 16.8 Å². The molecule has 1 aromatic carbocycles. The predicted molar refractivity (Wildman–Crippen MR) is 85.3 cm³/mol. The molecule has 0 amide bonds. The maximum absolute atomic E-state index is 11.0. The average molecular weight is 372 g/mol. The van der Waals surface area contributed by atoms with Gasteiger partial charge in [-0.2, -0.15) is 5.26 Å². The van der Waals surface area contributed by atoms with Gasteiger partial charge in [0.2, 0.25) is 0 Å². The Morgan fingerprint density at radius 1 is 1.46 bits per heavy atom. The molecule has 0 spiro atoms. The van der Waals surface area contributed by atoms with Crippen molar-refractivity contribution in [1.29, 1.82) is 5.26 Å². The average Bonchev–Trinajstić information content (AvgIpc) is 2.87. The molecule has 6 nitrogen and oxygen atoms in total. The summed E-state index contributed by atoms with van der Waals surface area (Å²) in [6.07, 6.45) is 0. The summed E-state index contributed by atoms with van der Waals surface area (Å²) in [6, 6.07) is 7.24.